The van der Waals surface area contributed by atoms with Crippen LogP contribution >= 0.6 is 0 Å². The van der Waals surface area contributed by atoms with Crippen molar-refractivity contribution in [3.8, 4) is 0 Å². The monoisotopic (exact) mass is 392 g/mol. The molecular formula is C20H36N6O2. The number of aliphatic imine (C=N–C) groups is 1. The van der Waals surface area contributed by atoms with Gasteiger partial charge in [0.2, 0.25) is 5.89 Å². The van der Waals surface area contributed by atoms with Crippen LogP contribution in [-0.4, -0.2) is 71.8 Å². The minimum Gasteiger partial charge on any atom is -0.371 e. The number of aromatic nitrogens is 2. The molecule has 3 heterocycles. The number of piperidine rings is 1. The third-order valence-corrected chi connectivity index (χ3v) is 5.51. The van der Waals surface area contributed by atoms with Gasteiger partial charge in [-0.15, -0.1) is 0 Å². The molecule has 158 valence electrons. The van der Waals surface area contributed by atoms with Gasteiger partial charge in [0.15, 0.2) is 11.8 Å². The molecule has 2 aliphatic rings. The van der Waals surface area contributed by atoms with Crippen LogP contribution in [0, 0.1) is 5.92 Å². The highest BCUT2D eigenvalue weighted by atomic mass is 16.5. The van der Waals surface area contributed by atoms with E-state index in [1.807, 2.05) is 13.8 Å². The molecular weight excluding hydrogens is 356 g/mol. The highest BCUT2D eigenvalue weighted by Crippen LogP contribution is 2.20. The first-order chi connectivity index (χ1) is 13.7. The Labute approximate surface area is 168 Å². The number of guanidine groups is 1. The third-order valence-electron chi connectivity index (χ3n) is 5.51. The van der Waals surface area contributed by atoms with Gasteiger partial charge in [-0.05, 0) is 59.0 Å². The van der Waals surface area contributed by atoms with E-state index in [1.54, 1.807) is 0 Å². The molecule has 8 nitrogen and oxygen atoms in total. The van der Waals surface area contributed by atoms with E-state index in [0.29, 0.717) is 24.9 Å². The summed E-state index contributed by atoms with van der Waals surface area (Å²) in [6.45, 7) is 13.7. The average Bonchev–Trinajstić information content (AvgIpc) is 3.36. The Hall–Kier alpha value is -1.67. The summed E-state index contributed by atoms with van der Waals surface area (Å²) < 4.78 is 10.9. The lowest BCUT2D eigenvalue weighted by Gasteiger charge is -2.29. The van der Waals surface area contributed by atoms with Crippen LogP contribution in [0.3, 0.4) is 0 Å². The second-order valence-corrected chi connectivity index (χ2v) is 7.78. The second kappa shape index (κ2) is 10.8. The molecule has 0 radical (unpaired) electrons. The molecule has 8 heteroatoms. The molecule has 1 aromatic rings. The molecule has 0 aliphatic carbocycles. The molecule has 2 unspecified atom stereocenters. The van der Waals surface area contributed by atoms with E-state index < -0.39 is 0 Å². The quantitative estimate of drug-likeness (QED) is 0.538. The van der Waals surface area contributed by atoms with Crippen molar-refractivity contribution in [1.29, 1.82) is 0 Å². The zero-order valence-corrected chi connectivity index (χ0v) is 17.7. The van der Waals surface area contributed by atoms with Gasteiger partial charge < -0.3 is 24.4 Å². The number of likely N-dealkylation sites (tertiary alicyclic amines) is 2. The van der Waals surface area contributed by atoms with Crippen LogP contribution in [0.25, 0.3) is 0 Å². The highest BCUT2D eigenvalue weighted by Gasteiger charge is 2.27. The molecule has 0 aromatic carbocycles. The van der Waals surface area contributed by atoms with Crippen molar-refractivity contribution in [2.24, 2.45) is 10.9 Å². The van der Waals surface area contributed by atoms with Crippen molar-refractivity contribution in [3.63, 3.8) is 0 Å². The van der Waals surface area contributed by atoms with Gasteiger partial charge in [-0.2, -0.15) is 4.98 Å². The standard InChI is InChI=1S/C20H36N6O2/c1-4-21-20(22-13-18-23-19(24-28-18)16(3)27-5-2)26-12-9-17(15-26)14-25-10-7-6-8-11-25/h16-17H,4-15H2,1-3H3,(H,21,22). The van der Waals surface area contributed by atoms with E-state index in [0.717, 1.165) is 31.5 Å². The first-order valence-corrected chi connectivity index (χ1v) is 10.9. The molecule has 0 saturated carbocycles. The van der Waals surface area contributed by atoms with Gasteiger partial charge in [0.25, 0.3) is 0 Å². The summed E-state index contributed by atoms with van der Waals surface area (Å²) in [6, 6.07) is 0. The molecule has 2 saturated heterocycles. The zero-order chi connectivity index (χ0) is 19.8. The highest BCUT2D eigenvalue weighted by molar-refractivity contribution is 5.80. The lowest BCUT2D eigenvalue weighted by Crippen LogP contribution is -2.41. The van der Waals surface area contributed by atoms with E-state index in [-0.39, 0.29) is 6.10 Å². The van der Waals surface area contributed by atoms with E-state index >= 15 is 0 Å². The van der Waals surface area contributed by atoms with E-state index in [1.165, 1.54) is 45.3 Å². The van der Waals surface area contributed by atoms with Gasteiger partial charge in [0.1, 0.15) is 12.6 Å². The fourth-order valence-corrected chi connectivity index (χ4v) is 4.07. The first kappa shape index (κ1) is 21.0. The molecule has 0 bridgehead atoms. The molecule has 28 heavy (non-hydrogen) atoms. The van der Waals surface area contributed by atoms with Crippen LogP contribution < -0.4 is 5.32 Å². The lowest BCUT2D eigenvalue weighted by molar-refractivity contribution is 0.0683. The van der Waals surface area contributed by atoms with Crippen LogP contribution in [0.1, 0.15) is 64.3 Å². The van der Waals surface area contributed by atoms with Crippen LogP contribution in [0.5, 0.6) is 0 Å². The summed E-state index contributed by atoms with van der Waals surface area (Å²) in [5.41, 5.74) is 0. The fourth-order valence-electron chi connectivity index (χ4n) is 4.07. The topological polar surface area (TPSA) is 79.0 Å². The summed E-state index contributed by atoms with van der Waals surface area (Å²) in [4.78, 5) is 14.2. The Morgan fingerprint density at radius 2 is 2.11 bits per heavy atom. The third kappa shape index (κ3) is 5.91. The number of ether oxygens (including phenoxy) is 1. The number of hydrogen-bond donors (Lipinski definition) is 1. The Morgan fingerprint density at radius 3 is 2.86 bits per heavy atom. The van der Waals surface area contributed by atoms with Gasteiger partial charge in [-0.3, -0.25) is 0 Å². The van der Waals surface area contributed by atoms with E-state index in [4.69, 9.17) is 14.3 Å². The maximum atomic E-state index is 5.52. The van der Waals surface area contributed by atoms with Crippen molar-refractivity contribution < 1.29 is 9.26 Å². The van der Waals surface area contributed by atoms with Crippen LogP contribution in [0.15, 0.2) is 9.52 Å². The van der Waals surface area contributed by atoms with Crippen LogP contribution in [-0.2, 0) is 11.3 Å². The summed E-state index contributed by atoms with van der Waals surface area (Å²) in [5, 5.41) is 7.43. The van der Waals surface area contributed by atoms with E-state index in [2.05, 4.69) is 32.2 Å². The Balaban J connectivity index is 1.54. The number of rotatable bonds is 8. The Kier molecular flexibility index (Phi) is 8.09. The van der Waals surface area contributed by atoms with Gasteiger partial charge in [0.05, 0.1) is 0 Å². The molecule has 2 fully saturated rings. The maximum absolute atomic E-state index is 5.52. The van der Waals surface area contributed by atoms with Crippen molar-refractivity contribution in [2.75, 3.05) is 45.9 Å². The normalized spacial score (nSPS) is 22.6. The summed E-state index contributed by atoms with van der Waals surface area (Å²) >= 11 is 0. The Morgan fingerprint density at radius 1 is 1.29 bits per heavy atom. The number of nitrogens with one attached hydrogen (secondary N) is 1. The SMILES string of the molecule is CCNC(=NCc1nc(C(C)OCC)no1)N1CCC(CN2CCCCC2)C1. The van der Waals surface area contributed by atoms with Crippen molar-refractivity contribution in [3.05, 3.63) is 11.7 Å². The van der Waals surface area contributed by atoms with Gasteiger partial charge in [-0.25, -0.2) is 4.99 Å². The van der Waals surface area contributed by atoms with Crippen molar-refractivity contribution in [1.82, 2.24) is 25.3 Å². The van der Waals surface area contributed by atoms with Crippen molar-refractivity contribution in [2.45, 2.75) is 59.1 Å². The average molecular weight is 393 g/mol. The molecule has 2 atom stereocenters. The number of hydrogen-bond acceptors (Lipinski definition) is 6. The number of nitrogens with zero attached hydrogens (tertiary/aromatic N) is 5. The zero-order valence-electron chi connectivity index (χ0n) is 17.7. The van der Waals surface area contributed by atoms with Crippen molar-refractivity contribution >= 4 is 5.96 Å². The minimum atomic E-state index is -0.158. The predicted octanol–water partition coefficient (Wildman–Crippen LogP) is 2.44. The fraction of sp³-hybridized carbons (Fsp3) is 0.850. The molecule has 2 aliphatic heterocycles. The van der Waals surface area contributed by atoms with Gasteiger partial charge in [-0.1, -0.05) is 11.6 Å². The smallest absolute Gasteiger partial charge is 0.248 e. The maximum Gasteiger partial charge on any atom is 0.248 e. The molecule has 1 aromatic heterocycles. The molecule has 0 amide bonds. The van der Waals surface area contributed by atoms with E-state index in [9.17, 15) is 0 Å². The molecule has 0 spiro atoms. The largest absolute Gasteiger partial charge is 0.371 e. The first-order valence-electron chi connectivity index (χ1n) is 10.9. The molecule has 1 N–H and O–H groups in total. The van der Waals surface area contributed by atoms with Crippen LogP contribution in [0.4, 0.5) is 0 Å². The summed E-state index contributed by atoms with van der Waals surface area (Å²) in [7, 11) is 0. The second-order valence-electron chi connectivity index (χ2n) is 7.78. The lowest BCUT2D eigenvalue weighted by atomic mass is 10.1. The Bertz CT molecular complexity index is 614. The van der Waals surface area contributed by atoms with Gasteiger partial charge >= 0.3 is 0 Å². The van der Waals surface area contributed by atoms with Gasteiger partial charge in [0, 0.05) is 32.8 Å². The predicted molar refractivity (Wildman–Crippen MR) is 109 cm³/mol. The molecule has 3 rings (SSSR count). The summed E-state index contributed by atoms with van der Waals surface area (Å²) in [6.07, 6.45) is 5.18. The summed E-state index contributed by atoms with van der Waals surface area (Å²) in [5.74, 6) is 2.78. The van der Waals surface area contributed by atoms with Crippen LogP contribution in [0.2, 0.25) is 0 Å². The minimum absolute atomic E-state index is 0.158.